The number of hydrogen-bond donors (Lipinski definition) is 2. The van der Waals surface area contributed by atoms with Crippen molar-refractivity contribution in [3.8, 4) is 0 Å². The van der Waals surface area contributed by atoms with Gasteiger partial charge in [0.15, 0.2) is 0 Å². The monoisotopic (exact) mass is 207 g/mol. The summed E-state index contributed by atoms with van der Waals surface area (Å²) in [7, 11) is -2.47. The van der Waals surface area contributed by atoms with Gasteiger partial charge in [-0.05, 0) is 24.7 Å². The summed E-state index contributed by atoms with van der Waals surface area (Å²) in [5.74, 6) is 1.52. The molecule has 0 aromatic heterocycles. The van der Waals surface area contributed by atoms with E-state index in [0.29, 0.717) is 5.92 Å². The van der Waals surface area contributed by atoms with E-state index >= 15 is 0 Å². The van der Waals surface area contributed by atoms with E-state index in [4.69, 9.17) is 0 Å². The van der Waals surface area contributed by atoms with Crippen molar-refractivity contribution < 1.29 is 9.11 Å². The molecule has 0 saturated heterocycles. The smallest absolute Gasteiger partial charge is 0.0418 e. The zero-order valence-corrected chi connectivity index (χ0v) is 9.55. The van der Waals surface area contributed by atoms with Gasteiger partial charge in [0.05, 0.1) is 0 Å². The molecule has 0 radical (unpaired) electrons. The quantitative estimate of drug-likeness (QED) is 0.745. The first-order valence-electron chi connectivity index (χ1n) is 4.91. The van der Waals surface area contributed by atoms with Crippen LogP contribution in [0.3, 0.4) is 0 Å². The molecule has 1 aliphatic carbocycles. The SMILES string of the molecule is CCN(CC1CC(C)C1)S(C)(O)O. The predicted molar refractivity (Wildman–Crippen MR) is 57.9 cm³/mol. The van der Waals surface area contributed by atoms with Crippen LogP contribution in [-0.2, 0) is 0 Å². The minimum Gasteiger partial charge on any atom is -0.286 e. The summed E-state index contributed by atoms with van der Waals surface area (Å²) in [4.78, 5) is 0. The molecule has 1 rings (SSSR count). The van der Waals surface area contributed by atoms with Gasteiger partial charge in [-0.3, -0.25) is 9.11 Å². The Balaban J connectivity index is 2.33. The molecule has 1 fully saturated rings. The maximum absolute atomic E-state index is 9.48. The standard InChI is InChI=1S/C9H21NO2S/c1-4-10(13(3,11)12)7-9-5-8(2)6-9/h8-9,11-12H,4-7H2,1-3H3. The van der Waals surface area contributed by atoms with Gasteiger partial charge in [-0.2, -0.15) is 0 Å². The summed E-state index contributed by atoms with van der Waals surface area (Å²) in [6.45, 7) is 5.79. The van der Waals surface area contributed by atoms with Crippen LogP contribution in [0.4, 0.5) is 0 Å². The number of rotatable bonds is 4. The summed E-state index contributed by atoms with van der Waals surface area (Å²) >= 11 is 0. The third-order valence-electron chi connectivity index (χ3n) is 2.78. The molecule has 13 heavy (non-hydrogen) atoms. The second-order valence-electron chi connectivity index (χ2n) is 4.22. The van der Waals surface area contributed by atoms with E-state index in [1.165, 1.54) is 19.1 Å². The van der Waals surface area contributed by atoms with Gasteiger partial charge in [0.25, 0.3) is 0 Å². The molecule has 0 unspecified atom stereocenters. The predicted octanol–water partition coefficient (Wildman–Crippen LogP) is 2.65. The zero-order chi connectivity index (χ0) is 10.1. The summed E-state index contributed by atoms with van der Waals surface area (Å²) in [6, 6.07) is 0. The molecule has 4 heteroatoms. The van der Waals surface area contributed by atoms with E-state index in [2.05, 4.69) is 6.92 Å². The Bertz CT molecular complexity index is 163. The van der Waals surface area contributed by atoms with Gasteiger partial charge >= 0.3 is 0 Å². The molecule has 0 aromatic carbocycles. The lowest BCUT2D eigenvalue weighted by molar-refractivity contribution is 0.172. The number of nitrogens with zero attached hydrogens (tertiary/aromatic N) is 1. The van der Waals surface area contributed by atoms with Gasteiger partial charge in [-0.15, -0.1) is 10.8 Å². The van der Waals surface area contributed by atoms with Crippen LogP contribution in [0.15, 0.2) is 0 Å². The first-order valence-corrected chi connectivity index (χ1v) is 6.83. The second-order valence-corrected chi connectivity index (χ2v) is 6.32. The third-order valence-corrected chi connectivity index (χ3v) is 4.16. The lowest BCUT2D eigenvalue weighted by Crippen LogP contribution is -2.36. The topological polar surface area (TPSA) is 43.7 Å². The molecule has 80 valence electrons. The first kappa shape index (κ1) is 11.3. The van der Waals surface area contributed by atoms with Gasteiger partial charge in [-0.25, -0.2) is 4.31 Å². The molecule has 3 nitrogen and oxygen atoms in total. The number of hydrogen-bond acceptors (Lipinski definition) is 3. The average molecular weight is 207 g/mol. The van der Waals surface area contributed by atoms with Crippen molar-refractivity contribution in [1.29, 1.82) is 0 Å². The molecule has 0 bridgehead atoms. The van der Waals surface area contributed by atoms with Crippen molar-refractivity contribution >= 4 is 10.8 Å². The minimum atomic E-state index is -2.47. The summed E-state index contributed by atoms with van der Waals surface area (Å²) in [5, 5.41) is 0. The fourth-order valence-corrected chi connectivity index (χ4v) is 3.00. The molecular formula is C9H21NO2S. The van der Waals surface area contributed by atoms with Gasteiger partial charge in [0.2, 0.25) is 0 Å². The Hall–Kier alpha value is 0.230. The Labute approximate surface area is 82.6 Å². The average Bonchev–Trinajstić information content (AvgIpc) is 1.93. The largest absolute Gasteiger partial charge is 0.286 e. The van der Waals surface area contributed by atoms with Crippen molar-refractivity contribution in [2.45, 2.75) is 26.7 Å². The molecular weight excluding hydrogens is 186 g/mol. The third kappa shape index (κ3) is 3.13. The highest BCUT2D eigenvalue weighted by Crippen LogP contribution is 2.42. The molecule has 0 heterocycles. The first-order chi connectivity index (χ1) is 5.93. The van der Waals surface area contributed by atoms with Crippen molar-refractivity contribution in [2.24, 2.45) is 11.8 Å². The summed E-state index contributed by atoms with van der Waals surface area (Å²) < 4.78 is 20.7. The van der Waals surface area contributed by atoms with Crippen LogP contribution in [0.25, 0.3) is 0 Å². The van der Waals surface area contributed by atoms with Gasteiger partial charge < -0.3 is 0 Å². The maximum Gasteiger partial charge on any atom is 0.0418 e. The molecule has 0 atom stereocenters. The molecule has 0 amide bonds. The normalized spacial score (nSPS) is 30.3. The molecule has 0 aliphatic heterocycles. The fraction of sp³-hybridized carbons (Fsp3) is 1.00. The highest BCUT2D eigenvalue weighted by Gasteiger charge is 2.29. The lowest BCUT2D eigenvalue weighted by atomic mass is 9.76. The fourth-order valence-electron chi connectivity index (χ4n) is 2.02. The minimum absolute atomic E-state index is 0.682. The molecule has 0 spiro atoms. The van der Waals surface area contributed by atoms with Crippen molar-refractivity contribution in [2.75, 3.05) is 19.3 Å². The maximum atomic E-state index is 9.48. The lowest BCUT2D eigenvalue weighted by Gasteiger charge is -2.44. The Morgan fingerprint density at radius 3 is 2.23 bits per heavy atom. The van der Waals surface area contributed by atoms with Gasteiger partial charge in [0, 0.05) is 19.3 Å². The van der Waals surface area contributed by atoms with Crippen LogP contribution in [0, 0.1) is 11.8 Å². The van der Waals surface area contributed by atoms with Crippen LogP contribution in [-0.4, -0.2) is 32.8 Å². The van der Waals surface area contributed by atoms with Gasteiger partial charge in [0.1, 0.15) is 0 Å². The molecule has 2 N–H and O–H groups in total. The van der Waals surface area contributed by atoms with E-state index in [1.54, 1.807) is 4.31 Å². The highest BCUT2D eigenvalue weighted by molar-refractivity contribution is 8.21. The summed E-state index contributed by atoms with van der Waals surface area (Å²) in [5.41, 5.74) is 0. The van der Waals surface area contributed by atoms with Crippen molar-refractivity contribution in [3.05, 3.63) is 0 Å². The Morgan fingerprint density at radius 2 is 1.92 bits per heavy atom. The van der Waals surface area contributed by atoms with Crippen molar-refractivity contribution in [1.82, 2.24) is 4.31 Å². The van der Waals surface area contributed by atoms with E-state index in [-0.39, 0.29) is 0 Å². The van der Waals surface area contributed by atoms with Gasteiger partial charge in [-0.1, -0.05) is 13.8 Å². The van der Waals surface area contributed by atoms with Crippen LogP contribution < -0.4 is 0 Å². The highest BCUT2D eigenvalue weighted by atomic mass is 32.3. The van der Waals surface area contributed by atoms with Crippen LogP contribution in [0.2, 0.25) is 0 Å². The van der Waals surface area contributed by atoms with Crippen LogP contribution in [0.1, 0.15) is 26.7 Å². The summed E-state index contributed by atoms with van der Waals surface area (Å²) in [6.07, 6.45) is 4.00. The molecule has 0 aromatic rings. The van der Waals surface area contributed by atoms with E-state index in [0.717, 1.165) is 19.0 Å². The van der Waals surface area contributed by atoms with E-state index in [9.17, 15) is 9.11 Å². The van der Waals surface area contributed by atoms with Crippen LogP contribution >= 0.6 is 10.8 Å². The van der Waals surface area contributed by atoms with E-state index < -0.39 is 10.8 Å². The Kier molecular flexibility index (Phi) is 3.63. The van der Waals surface area contributed by atoms with Crippen LogP contribution in [0.5, 0.6) is 0 Å². The molecule has 1 saturated carbocycles. The van der Waals surface area contributed by atoms with Crippen molar-refractivity contribution in [3.63, 3.8) is 0 Å². The Morgan fingerprint density at radius 1 is 1.38 bits per heavy atom. The van der Waals surface area contributed by atoms with E-state index in [1.807, 2.05) is 6.92 Å². The second kappa shape index (κ2) is 4.17. The zero-order valence-electron chi connectivity index (χ0n) is 8.73. The molecule has 1 aliphatic rings.